The van der Waals surface area contributed by atoms with Gasteiger partial charge in [0.15, 0.2) is 0 Å². The second kappa shape index (κ2) is 6.11. The van der Waals surface area contributed by atoms with Crippen LogP contribution in [0.4, 0.5) is 0 Å². The minimum Gasteiger partial charge on any atom is -0.378 e. The summed E-state index contributed by atoms with van der Waals surface area (Å²) >= 11 is 0. The van der Waals surface area contributed by atoms with Gasteiger partial charge >= 0.3 is 0 Å². The minimum atomic E-state index is 0.531. The first-order valence-electron chi connectivity index (χ1n) is 8.42. The fourth-order valence-corrected chi connectivity index (χ4v) is 4.31. The summed E-state index contributed by atoms with van der Waals surface area (Å²) < 4.78 is 5.91. The largest absolute Gasteiger partial charge is 0.378 e. The first-order chi connectivity index (χ1) is 9.35. The van der Waals surface area contributed by atoms with Crippen LogP contribution in [0.25, 0.3) is 0 Å². The molecule has 3 heteroatoms. The predicted molar refractivity (Wildman–Crippen MR) is 78.4 cm³/mol. The molecule has 2 aliphatic carbocycles. The molecule has 0 amide bonds. The number of nitrogens with one attached hydrogen (secondary N) is 1. The Kier molecular flexibility index (Phi) is 4.45. The Morgan fingerprint density at radius 1 is 1.21 bits per heavy atom. The minimum absolute atomic E-state index is 0.531. The van der Waals surface area contributed by atoms with Crippen molar-refractivity contribution in [3.63, 3.8) is 0 Å². The molecule has 3 aliphatic rings. The summed E-state index contributed by atoms with van der Waals surface area (Å²) in [6.45, 7) is 8.17. The second-order valence-corrected chi connectivity index (χ2v) is 6.68. The van der Waals surface area contributed by atoms with Crippen molar-refractivity contribution in [2.75, 3.05) is 32.8 Å². The summed E-state index contributed by atoms with van der Waals surface area (Å²) in [7, 11) is 0. The number of hydrogen-bond acceptors (Lipinski definition) is 3. The van der Waals surface area contributed by atoms with E-state index in [0.717, 1.165) is 12.6 Å². The molecule has 0 aromatic heterocycles. The Bertz CT molecular complexity index is 284. The quantitative estimate of drug-likeness (QED) is 0.716. The molecule has 2 atom stereocenters. The molecular weight excluding hydrogens is 236 g/mol. The number of hydrogen-bond donors (Lipinski definition) is 1. The van der Waals surface area contributed by atoms with Crippen molar-refractivity contribution < 1.29 is 4.74 Å². The first kappa shape index (κ1) is 13.8. The summed E-state index contributed by atoms with van der Waals surface area (Å²) in [5.41, 5.74) is 0.531. The van der Waals surface area contributed by atoms with Crippen molar-refractivity contribution in [1.82, 2.24) is 10.2 Å². The maximum Gasteiger partial charge on any atom is 0.0661 e. The SMILES string of the molecule is CCOC1CC(NCCCN2CCCC2)C12CCC2. The highest BCUT2D eigenvalue weighted by atomic mass is 16.5. The molecule has 1 saturated heterocycles. The summed E-state index contributed by atoms with van der Waals surface area (Å²) in [5.74, 6) is 0. The molecule has 19 heavy (non-hydrogen) atoms. The first-order valence-corrected chi connectivity index (χ1v) is 8.42. The van der Waals surface area contributed by atoms with Gasteiger partial charge in [-0.05, 0) is 71.6 Å². The summed E-state index contributed by atoms with van der Waals surface area (Å²) in [6.07, 6.45) is 10.1. The third-order valence-corrected chi connectivity index (χ3v) is 5.68. The van der Waals surface area contributed by atoms with Crippen molar-refractivity contribution in [3.8, 4) is 0 Å². The van der Waals surface area contributed by atoms with Crippen LogP contribution >= 0.6 is 0 Å². The molecule has 1 aliphatic heterocycles. The third kappa shape index (κ3) is 2.70. The number of nitrogens with zero attached hydrogens (tertiary/aromatic N) is 1. The van der Waals surface area contributed by atoms with Crippen LogP contribution in [0.3, 0.4) is 0 Å². The molecule has 0 aromatic rings. The molecule has 1 heterocycles. The summed E-state index contributed by atoms with van der Waals surface area (Å²) in [5, 5.41) is 3.82. The van der Waals surface area contributed by atoms with Gasteiger partial charge < -0.3 is 15.0 Å². The molecule has 3 fully saturated rings. The van der Waals surface area contributed by atoms with Crippen LogP contribution < -0.4 is 5.32 Å². The highest BCUT2D eigenvalue weighted by Crippen LogP contribution is 2.57. The van der Waals surface area contributed by atoms with Crippen LogP contribution in [-0.4, -0.2) is 49.8 Å². The van der Waals surface area contributed by atoms with E-state index in [1.807, 2.05) is 0 Å². The van der Waals surface area contributed by atoms with E-state index in [0.29, 0.717) is 11.5 Å². The highest BCUT2D eigenvalue weighted by Gasteiger charge is 2.58. The maximum atomic E-state index is 5.91. The Hall–Kier alpha value is -0.120. The average molecular weight is 266 g/mol. The Morgan fingerprint density at radius 3 is 2.63 bits per heavy atom. The van der Waals surface area contributed by atoms with Gasteiger partial charge in [-0.3, -0.25) is 0 Å². The normalized spacial score (nSPS) is 33.3. The fourth-order valence-electron chi connectivity index (χ4n) is 4.31. The molecule has 110 valence electrons. The lowest BCUT2D eigenvalue weighted by Gasteiger charge is -2.61. The number of likely N-dealkylation sites (tertiary alicyclic amines) is 1. The van der Waals surface area contributed by atoms with Gasteiger partial charge in [-0.15, -0.1) is 0 Å². The molecule has 2 unspecified atom stereocenters. The van der Waals surface area contributed by atoms with E-state index in [-0.39, 0.29) is 0 Å². The van der Waals surface area contributed by atoms with E-state index in [9.17, 15) is 0 Å². The lowest BCUT2D eigenvalue weighted by Crippen LogP contribution is -2.67. The lowest BCUT2D eigenvalue weighted by molar-refractivity contribution is -0.172. The van der Waals surface area contributed by atoms with Crippen LogP contribution in [0.15, 0.2) is 0 Å². The van der Waals surface area contributed by atoms with E-state index in [4.69, 9.17) is 4.74 Å². The van der Waals surface area contributed by atoms with Gasteiger partial charge in [-0.1, -0.05) is 6.42 Å². The average Bonchev–Trinajstić information content (AvgIpc) is 2.82. The lowest BCUT2D eigenvalue weighted by atomic mass is 9.51. The zero-order valence-corrected chi connectivity index (χ0v) is 12.5. The standard InChI is InChI=1S/C16H30N2O/c1-2-19-15-13-14(16(15)7-5-8-16)17-9-6-12-18-10-3-4-11-18/h14-15,17H,2-13H2,1H3. The van der Waals surface area contributed by atoms with Crippen LogP contribution in [0.1, 0.15) is 51.9 Å². The molecule has 1 spiro atoms. The highest BCUT2D eigenvalue weighted by molar-refractivity contribution is 5.12. The topological polar surface area (TPSA) is 24.5 Å². The summed E-state index contributed by atoms with van der Waals surface area (Å²) in [6, 6.07) is 0.747. The maximum absolute atomic E-state index is 5.91. The van der Waals surface area contributed by atoms with Crippen molar-refractivity contribution in [2.45, 2.75) is 64.0 Å². The molecule has 0 radical (unpaired) electrons. The van der Waals surface area contributed by atoms with Crippen molar-refractivity contribution >= 4 is 0 Å². The van der Waals surface area contributed by atoms with Gasteiger partial charge in [-0.2, -0.15) is 0 Å². The van der Waals surface area contributed by atoms with E-state index in [1.165, 1.54) is 71.1 Å². The molecule has 3 rings (SSSR count). The molecular formula is C16H30N2O. The van der Waals surface area contributed by atoms with Crippen molar-refractivity contribution in [3.05, 3.63) is 0 Å². The van der Waals surface area contributed by atoms with Crippen LogP contribution in [0.5, 0.6) is 0 Å². The van der Waals surface area contributed by atoms with Gasteiger partial charge in [0.05, 0.1) is 6.10 Å². The van der Waals surface area contributed by atoms with E-state index >= 15 is 0 Å². The summed E-state index contributed by atoms with van der Waals surface area (Å²) in [4.78, 5) is 2.62. The van der Waals surface area contributed by atoms with Gasteiger partial charge in [-0.25, -0.2) is 0 Å². The molecule has 2 saturated carbocycles. The Labute approximate surface area is 118 Å². The number of rotatable bonds is 7. The Balaban J connectivity index is 1.34. The monoisotopic (exact) mass is 266 g/mol. The Morgan fingerprint density at radius 2 is 2.00 bits per heavy atom. The smallest absolute Gasteiger partial charge is 0.0661 e. The van der Waals surface area contributed by atoms with Crippen LogP contribution in [-0.2, 0) is 4.74 Å². The van der Waals surface area contributed by atoms with Crippen LogP contribution in [0, 0.1) is 5.41 Å². The van der Waals surface area contributed by atoms with Crippen molar-refractivity contribution in [1.29, 1.82) is 0 Å². The van der Waals surface area contributed by atoms with E-state index in [1.54, 1.807) is 0 Å². The van der Waals surface area contributed by atoms with E-state index in [2.05, 4.69) is 17.1 Å². The molecule has 3 nitrogen and oxygen atoms in total. The fraction of sp³-hybridized carbons (Fsp3) is 1.00. The third-order valence-electron chi connectivity index (χ3n) is 5.68. The van der Waals surface area contributed by atoms with E-state index < -0.39 is 0 Å². The number of ether oxygens (including phenoxy) is 1. The molecule has 0 bridgehead atoms. The van der Waals surface area contributed by atoms with Crippen molar-refractivity contribution in [2.24, 2.45) is 5.41 Å². The van der Waals surface area contributed by atoms with Gasteiger partial charge in [0.1, 0.15) is 0 Å². The second-order valence-electron chi connectivity index (χ2n) is 6.68. The molecule has 1 N–H and O–H groups in total. The van der Waals surface area contributed by atoms with Gasteiger partial charge in [0.25, 0.3) is 0 Å². The molecule has 0 aromatic carbocycles. The zero-order chi connectivity index (χ0) is 13.1. The predicted octanol–water partition coefficient (Wildman–Crippen LogP) is 2.41. The van der Waals surface area contributed by atoms with Gasteiger partial charge in [0, 0.05) is 18.1 Å². The zero-order valence-electron chi connectivity index (χ0n) is 12.5. The van der Waals surface area contributed by atoms with Gasteiger partial charge in [0.2, 0.25) is 0 Å². The van der Waals surface area contributed by atoms with Crippen LogP contribution in [0.2, 0.25) is 0 Å².